The summed E-state index contributed by atoms with van der Waals surface area (Å²) < 4.78 is 1.55. The number of amides is 1. The van der Waals surface area contributed by atoms with Gasteiger partial charge in [-0.3, -0.25) is 9.59 Å². The molecule has 7 nitrogen and oxygen atoms in total. The van der Waals surface area contributed by atoms with Crippen LogP contribution in [0.4, 0.5) is 0 Å². The van der Waals surface area contributed by atoms with Crippen molar-refractivity contribution in [3.63, 3.8) is 0 Å². The first-order valence-corrected chi connectivity index (χ1v) is 9.30. The van der Waals surface area contributed by atoms with Gasteiger partial charge < -0.3 is 9.88 Å². The number of aryl methyl sites for hydroxylation is 2. The van der Waals surface area contributed by atoms with Crippen molar-refractivity contribution in [2.75, 3.05) is 13.1 Å². The number of fused-ring (bicyclic) bond motifs is 1. The van der Waals surface area contributed by atoms with E-state index in [1.165, 1.54) is 0 Å². The zero-order valence-electron chi connectivity index (χ0n) is 15.6. The summed E-state index contributed by atoms with van der Waals surface area (Å²) in [6.07, 6.45) is 1.75. The fourth-order valence-electron chi connectivity index (χ4n) is 3.70. The van der Waals surface area contributed by atoms with Crippen molar-refractivity contribution in [1.82, 2.24) is 24.6 Å². The van der Waals surface area contributed by atoms with Gasteiger partial charge >= 0.3 is 0 Å². The van der Waals surface area contributed by atoms with E-state index in [1.54, 1.807) is 16.8 Å². The first-order chi connectivity index (χ1) is 13.0. The van der Waals surface area contributed by atoms with E-state index in [-0.39, 0.29) is 11.5 Å². The molecule has 140 valence electrons. The molecule has 7 heteroatoms. The summed E-state index contributed by atoms with van der Waals surface area (Å²) in [6.45, 7) is 5.80. The van der Waals surface area contributed by atoms with Crippen molar-refractivity contribution in [3.05, 3.63) is 57.8 Å². The van der Waals surface area contributed by atoms with E-state index in [9.17, 15) is 9.59 Å². The SMILES string of the molecule is Cc1ccc(=O)n(CC2CCN(C(=O)c3ccc4nc(C)[nH]c4c3)CC2)n1. The topological polar surface area (TPSA) is 83.9 Å². The Bertz CT molecular complexity index is 1040. The molecule has 0 unspecified atom stereocenters. The van der Waals surface area contributed by atoms with Gasteiger partial charge in [0.1, 0.15) is 5.82 Å². The van der Waals surface area contributed by atoms with Crippen LogP contribution in [-0.2, 0) is 6.54 Å². The maximum absolute atomic E-state index is 12.8. The third kappa shape index (κ3) is 3.63. The number of H-pyrrole nitrogens is 1. The molecule has 0 spiro atoms. The van der Waals surface area contributed by atoms with Crippen molar-refractivity contribution in [2.24, 2.45) is 5.92 Å². The summed E-state index contributed by atoms with van der Waals surface area (Å²) in [6, 6.07) is 8.90. The molecule has 1 N–H and O–H groups in total. The molecule has 1 aliphatic rings. The standard InChI is InChI=1S/C20H23N5O2/c1-13-3-6-19(26)25(23-13)12-15-7-9-24(10-8-15)20(27)16-4-5-17-18(11-16)22-14(2)21-17/h3-6,11,15H,7-10,12H2,1-2H3,(H,21,22). The number of nitrogens with zero attached hydrogens (tertiary/aromatic N) is 4. The molecule has 0 aliphatic carbocycles. The van der Waals surface area contributed by atoms with Crippen LogP contribution in [0.25, 0.3) is 11.0 Å². The lowest BCUT2D eigenvalue weighted by Crippen LogP contribution is -2.40. The second-order valence-corrected chi connectivity index (χ2v) is 7.28. The summed E-state index contributed by atoms with van der Waals surface area (Å²) in [5.74, 6) is 1.25. The third-order valence-corrected chi connectivity index (χ3v) is 5.18. The smallest absolute Gasteiger partial charge is 0.266 e. The molecule has 0 bridgehead atoms. The number of hydrogen-bond acceptors (Lipinski definition) is 4. The minimum absolute atomic E-state index is 0.0495. The van der Waals surface area contributed by atoms with Crippen LogP contribution in [0.2, 0.25) is 0 Å². The van der Waals surface area contributed by atoms with Gasteiger partial charge in [-0.15, -0.1) is 0 Å². The zero-order valence-corrected chi connectivity index (χ0v) is 15.6. The van der Waals surface area contributed by atoms with Crippen molar-refractivity contribution >= 4 is 16.9 Å². The highest BCUT2D eigenvalue weighted by atomic mass is 16.2. The van der Waals surface area contributed by atoms with E-state index in [1.807, 2.05) is 36.9 Å². The Hall–Kier alpha value is -2.96. The largest absolute Gasteiger partial charge is 0.342 e. The summed E-state index contributed by atoms with van der Waals surface area (Å²) >= 11 is 0. The Labute approximate surface area is 157 Å². The molecular weight excluding hydrogens is 342 g/mol. The average molecular weight is 365 g/mol. The summed E-state index contributed by atoms with van der Waals surface area (Å²) in [5.41, 5.74) is 3.21. The van der Waals surface area contributed by atoms with Crippen molar-refractivity contribution in [3.8, 4) is 0 Å². The van der Waals surface area contributed by atoms with E-state index >= 15 is 0 Å². The fraction of sp³-hybridized carbons (Fsp3) is 0.400. The Morgan fingerprint density at radius 1 is 1.19 bits per heavy atom. The van der Waals surface area contributed by atoms with Crippen LogP contribution >= 0.6 is 0 Å². The number of rotatable bonds is 3. The van der Waals surface area contributed by atoms with Gasteiger partial charge in [0, 0.05) is 31.3 Å². The molecule has 1 aliphatic heterocycles. The molecule has 1 aromatic carbocycles. The molecular formula is C20H23N5O2. The lowest BCUT2D eigenvalue weighted by molar-refractivity contribution is 0.0680. The molecule has 3 heterocycles. The minimum Gasteiger partial charge on any atom is -0.342 e. The normalized spacial score (nSPS) is 15.4. The van der Waals surface area contributed by atoms with Crippen molar-refractivity contribution < 1.29 is 4.79 Å². The molecule has 1 fully saturated rings. The van der Waals surface area contributed by atoms with Gasteiger partial charge in [0.2, 0.25) is 0 Å². The number of imidazole rings is 1. The molecule has 1 amide bonds. The van der Waals surface area contributed by atoms with E-state index in [0.717, 1.165) is 35.4 Å². The van der Waals surface area contributed by atoms with Gasteiger partial charge in [0.05, 0.1) is 16.7 Å². The predicted octanol–water partition coefficient (Wildman–Crippen LogP) is 2.29. The van der Waals surface area contributed by atoms with Crippen molar-refractivity contribution in [1.29, 1.82) is 0 Å². The molecule has 0 saturated carbocycles. The zero-order chi connectivity index (χ0) is 19.0. The third-order valence-electron chi connectivity index (χ3n) is 5.18. The van der Waals surface area contributed by atoms with E-state index in [2.05, 4.69) is 15.1 Å². The van der Waals surface area contributed by atoms with Crippen LogP contribution in [0.3, 0.4) is 0 Å². The lowest BCUT2D eigenvalue weighted by Gasteiger charge is -2.32. The number of carbonyl (C=O) groups excluding carboxylic acids is 1. The van der Waals surface area contributed by atoms with E-state index < -0.39 is 0 Å². The van der Waals surface area contributed by atoms with Crippen LogP contribution in [0, 0.1) is 19.8 Å². The second-order valence-electron chi connectivity index (χ2n) is 7.28. The highest BCUT2D eigenvalue weighted by molar-refractivity contribution is 5.97. The number of aromatic amines is 1. The van der Waals surface area contributed by atoms with Gasteiger partial charge in [-0.05, 0) is 56.9 Å². The highest BCUT2D eigenvalue weighted by Gasteiger charge is 2.24. The predicted molar refractivity (Wildman–Crippen MR) is 103 cm³/mol. The Kier molecular flexibility index (Phi) is 4.51. The average Bonchev–Trinajstić information content (AvgIpc) is 3.04. The number of likely N-dealkylation sites (tertiary alicyclic amines) is 1. The van der Waals surface area contributed by atoms with Crippen LogP contribution in [0.1, 0.15) is 34.7 Å². The van der Waals surface area contributed by atoms with Crippen LogP contribution in [0.15, 0.2) is 35.1 Å². The number of hydrogen-bond donors (Lipinski definition) is 1. The number of aromatic nitrogens is 4. The van der Waals surface area contributed by atoms with E-state index in [0.29, 0.717) is 31.1 Å². The molecule has 1 saturated heterocycles. The molecule has 2 aromatic heterocycles. The molecule has 27 heavy (non-hydrogen) atoms. The lowest BCUT2D eigenvalue weighted by atomic mass is 9.96. The summed E-state index contributed by atoms with van der Waals surface area (Å²) in [7, 11) is 0. The first kappa shape index (κ1) is 17.5. The maximum atomic E-state index is 12.8. The van der Waals surface area contributed by atoms with Gasteiger partial charge in [0.15, 0.2) is 0 Å². The van der Waals surface area contributed by atoms with Crippen LogP contribution in [0.5, 0.6) is 0 Å². The van der Waals surface area contributed by atoms with Crippen LogP contribution < -0.4 is 5.56 Å². The van der Waals surface area contributed by atoms with Gasteiger partial charge in [0.25, 0.3) is 11.5 Å². The molecule has 0 atom stereocenters. The fourth-order valence-corrected chi connectivity index (χ4v) is 3.70. The monoisotopic (exact) mass is 365 g/mol. The molecule has 4 rings (SSSR count). The maximum Gasteiger partial charge on any atom is 0.266 e. The summed E-state index contributed by atoms with van der Waals surface area (Å²) in [5, 5.41) is 4.31. The quantitative estimate of drug-likeness (QED) is 0.772. The molecule has 0 radical (unpaired) electrons. The van der Waals surface area contributed by atoms with Gasteiger partial charge in [-0.2, -0.15) is 5.10 Å². The van der Waals surface area contributed by atoms with Crippen molar-refractivity contribution in [2.45, 2.75) is 33.2 Å². The Balaban J connectivity index is 1.41. The first-order valence-electron chi connectivity index (χ1n) is 9.30. The minimum atomic E-state index is -0.0674. The summed E-state index contributed by atoms with van der Waals surface area (Å²) in [4.78, 5) is 34.2. The van der Waals surface area contributed by atoms with Crippen LogP contribution in [-0.4, -0.2) is 43.6 Å². The number of piperidine rings is 1. The number of benzene rings is 1. The number of carbonyl (C=O) groups is 1. The highest BCUT2D eigenvalue weighted by Crippen LogP contribution is 2.21. The van der Waals surface area contributed by atoms with Gasteiger partial charge in [-0.1, -0.05) is 0 Å². The van der Waals surface area contributed by atoms with E-state index in [4.69, 9.17) is 0 Å². The second kappa shape index (κ2) is 6.98. The van der Waals surface area contributed by atoms with Gasteiger partial charge in [-0.25, -0.2) is 9.67 Å². The molecule has 3 aromatic rings. The number of nitrogens with one attached hydrogen (secondary N) is 1. The Morgan fingerprint density at radius 3 is 2.74 bits per heavy atom. The Morgan fingerprint density at radius 2 is 1.96 bits per heavy atom.